The molecular weight excluding hydrogens is 714 g/mol. The summed E-state index contributed by atoms with van der Waals surface area (Å²) in [7, 11) is 0. The first kappa shape index (κ1) is 40.2. The van der Waals surface area contributed by atoms with Crippen molar-refractivity contribution in [1.29, 1.82) is 0 Å². The molecule has 2 aromatic heterocycles. The van der Waals surface area contributed by atoms with E-state index in [0.717, 1.165) is 48.2 Å². The van der Waals surface area contributed by atoms with E-state index >= 15 is 0 Å². The molecule has 0 aliphatic heterocycles. The molecule has 224 valence electrons. The Morgan fingerprint density at radius 2 is 1.51 bits per heavy atom. The van der Waals surface area contributed by atoms with Crippen molar-refractivity contribution >= 4 is 35.8 Å². The van der Waals surface area contributed by atoms with Gasteiger partial charge in [0.15, 0.2) is 11.6 Å². The second kappa shape index (κ2) is 26.0. The van der Waals surface area contributed by atoms with Crippen LogP contribution in [-0.2, 0) is 33.7 Å². The molecule has 4 N–H and O–H groups in total. The third-order valence-electron chi connectivity index (χ3n) is 4.30. The number of benzene rings is 2. The zero-order valence-electron chi connectivity index (χ0n) is 24.8. The normalized spacial score (nSPS) is 9.00. The predicted molar refractivity (Wildman–Crippen MR) is 165 cm³/mol. The van der Waals surface area contributed by atoms with Crippen molar-refractivity contribution < 1.29 is 29.8 Å². The van der Waals surface area contributed by atoms with E-state index in [2.05, 4.69) is 48.4 Å². The Morgan fingerprint density at radius 1 is 0.854 bits per heavy atom. The van der Waals surface area contributed by atoms with Gasteiger partial charge in [-0.05, 0) is 49.9 Å². The number of halogens is 2. The van der Waals surface area contributed by atoms with Gasteiger partial charge in [0.2, 0.25) is 5.95 Å². The molecule has 4 aromatic rings. The van der Waals surface area contributed by atoms with E-state index < -0.39 is 11.6 Å². The number of hydrogen-bond donors (Lipinski definition) is 4. The summed E-state index contributed by atoms with van der Waals surface area (Å²) in [6.07, 6.45) is 3.29. The molecule has 0 unspecified atom stereocenters. The van der Waals surface area contributed by atoms with Crippen molar-refractivity contribution in [3.63, 3.8) is 0 Å². The van der Waals surface area contributed by atoms with Gasteiger partial charge in [-0.2, -0.15) is 21.5 Å². The summed E-state index contributed by atoms with van der Waals surface area (Å²) < 4.78 is 26.1. The number of nitrogens with one attached hydrogen (secondary N) is 4. The van der Waals surface area contributed by atoms with E-state index in [1.165, 1.54) is 6.07 Å². The van der Waals surface area contributed by atoms with E-state index in [-0.39, 0.29) is 21.1 Å². The number of aryl methyl sites for hydroxylation is 1. The Kier molecular flexibility index (Phi) is 25.4. The number of nitrogens with zero attached hydrogens (tertiary/aromatic N) is 4. The van der Waals surface area contributed by atoms with Crippen LogP contribution in [0, 0.1) is 18.6 Å². The molecule has 4 rings (SSSR count). The van der Waals surface area contributed by atoms with Gasteiger partial charge in [0, 0.05) is 35.5 Å². The first-order chi connectivity index (χ1) is 19.4. The van der Waals surface area contributed by atoms with E-state index in [0.29, 0.717) is 17.5 Å². The molecule has 2 aromatic carbocycles. The molecule has 0 fully saturated rings. The number of rotatable bonds is 8. The Bertz CT molecular complexity index is 1150. The fraction of sp³-hybridized carbons (Fsp3) is 0.345. The van der Waals surface area contributed by atoms with Crippen LogP contribution in [0.4, 0.5) is 31.9 Å². The summed E-state index contributed by atoms with van der Waals surface area (Å²) in [5.41, 5.74) is 2.29. The summed E-state index contributed by atoms with van der Waals surface area (Å²) in [5, 5.41) is 19.5. The van der Waals surface area contributed by atoms with Gasteiger partial charge in [0.1, 0.15) is 5.82 Å². The molecule has 0 saturated heterocycles. The van der Waals surface area contributed by atoms with Crippen molar-refractivity contribution in [2.75, 3.05) is 30.4 Å². The number of anilines is 4. The molecule has 0 saturated carbocycles. The largest absolute Gasteiger partial charge is 2.00 e. The molecule has 0 atom stereocenters. The van der Waals surface area contributed by atoms with Crippen LogP contribution in [-0.4, -0.2) is 39.9 Å². The van der Waals surface area contributed by atoms with Gasteiger partial charge in [-0.25, -0.2) is 13.8 Å². The van der Waals surface area contributed by atoms with E-state index in [1.54, 1.807) is 30.6 Å². The summed E-state index contributed by atoms with van der Waals surface area (Å²) >= 11 is 5.02. The molecule has 2 heterocycles. The predicted octanol–water partition coefficient (Wildman–Crippen LogP) is 7.86. The third kappa shape index (κ3) is 18.9. The SMILES string of the molecule is CC.CC.CC[N-]CNCC.Cc1ccn[nH]1.Fc1ccc(Nc2ccnc(Nc3ccc([S-])cc3)n2)cc1F.[W+2]. The van der Waals surface area contributed by atoms with Crippen LogP contribution in [0.1, 0.15) is 47.2 Å². The fourth-order valence-corrected chi connectivity index (χ4v) is 2.64. The maximum Gasteiger partial charge on any atom is 2.00 e. The zero-order chi connectivity index (χ0) is 30.2. The third-order valence-corrected chi connectivity index (χ3v) is 4.57. The van der Waals surface area contributed by atoms with Gasteiger partial charge >= 0.3 is 21.1 Å². The number of aromatic nitrogens is 4. The van der Waals surface area contributed by atoms with Gasteiger partial charge in [0.25, 0.3) is 0 Å². The van der Waals surface area contributed by atoms with Crippen LogP contribution in [0.5, 0.6) is 0 Å². The molecule has 0 spiro atoms. The molecule has 12 heteroatoms. The molecule has 0 amide bonds. The Morgan fingerprint density at radius 3 is 2.02 bits per heavy atom. The van der Waals surface area contributed by atoms with Crippen LogP contribution >= 0.6 is 0 Å². The topological polar surface area (TPSA) is 105 Å². The molecule has 8 nitrogen and oxygen atoms in total. The number of H-pyrrole nitrogens is 1. The molecule has 41 heavy (non-hydrogen) atoms. The van der Waals surface area contributed by atoms with Gasteiger partial charge < -0.3 is 33.9 Å². The quantitative estimate of drug-likeness (QED) is 0.107. The Hall–Kier alpha value is -2.98. The van der Waals surface area contributed by atoms with E-state index in [9.17, 15) is 8.78 Å². The van der Waals surface area contributed by atoms with E-state index in [1.807, 2.05) is 59.7 Å². The molecule has 0 aliphatic rings. The maximum atomic E-state index is 13.2. The molecule has 0 radical (unpaired) electrons. The van der Waals surface area contributed by atoms with Gasteiger partial charge in [-0.15, -0.1) is 0 Å². The second-order valence-corrected chi connectivity index (χ2v) is 7.68. The van der Waals surface area contributed by atoms with Crippen molar-refractivity contribution in [2.24, 2.45) is 0 Å². The van der Waals surface area contributed by atoms with Crippen LogP contribution in [0.2, 0.25) is 0 Å². The Labute approximate surface area is 263 Å². The second-order valence-electron chi connectivity index (χ2n) is 7.21. The minimum atomic E-state index is -0.925. The van der Waals surface area contributed by atoms with Crippen molar-refractivity contribution in [1.82, 2.24) is 25.5 Å². The molecule has 0 bridgehead atoms. The minimum Gasteiger partial charge on any atom is -0.780 e. The minimum absolute atomic E-state index is 0. The average molecular weight is 757 g/mol. The summed E-state index contributed by atoms with van der Waals surface area (Å²) in [4.78, 5) is 9.11. The standard InChI is InChI=1S/C16H12F2N4S.C5H13N2.C4H6N2.2C2H6.W/c17-13-6-3-11(9-14(13)18)20-15-7-8-19-16(22-15)21-10-1-4-12(23)5-2-10;1-3-6-5-7-4-2;1-4-2-3-5-6-4;2*1-2;/h1-9,23H,(H2,19,20,21,22);6H,3-5H2,1-2H3;2-3H,1H3,(H,5,6);2*1-2H3;/q;-1;;;;+2/p-1. The molecular formula is C29H42F2N8SW. The van der Waals surface area contributed by atoms with Gasteiger partial charge in [0.05, 0.1) is 0 Å². The average Bonchev–Trinajstić information content (AvgIpc) is 3.46. The fourth-order valence-electron chi connectivity index (χ4n) is 2.51. The number of aromatic amines is 1. The smallest absolute Gasteiger partial charge is 0.780 e. The van der Waals surface area contributed by atoms with Crippen LogP contribution < -0.4 is 16.0 Å². The van der Waals surface area contributed by atoms with Crippen molar-refractivity contribution in [2.45, 2.75) is 53.4 Å². The van der Waals surface area contributed by atoms with Gasteiger partial charge in [-0.1, -0.05) is 60.3 Å². The van der Waals surface area contributed by atoms with Crippen LogP contribution in [0.3, 0.4) is 0 Å². The van der Waals surface area contributed by atoms with Crippen LogP contribution in [0.25, 0.3) is 5.32 Å². The first-order valence-electron chi connectivity index (χ1n) is 13.3. The summed E-state index contributed by atoms with van der Waals surface area (Å²) in [6, 6.07) is 14.3. The summed E-state index contributed by atoms with van der Waals surface area (Å²) in [6.45, 7) is 16.8. The Balaban J connectivity index is 0. The zero-order valence-corrected chi connectivity index (χ0v) is 28.6. The van der Waals surface area contributed by atoms with Crippen LogP contribution in [0.15, 0.2) is 71.9 Å². The maximum absolute atomic E-state index is 13.2. The number of hydrogen-bond acceptors (Lipinski definition) is 7. The van der Waals surface area contributed by atoms with Crippen molar-refractivity contribution in [3.8, 4) is 0 Å². The monoisotopic (exact) mass is 756 g/mol. The van der Waals surface area contributed by atoms with E-state index in [4.69, 9.17) is 12.6 Å². The van der Waals surface area contributed by atoms with Crippen molar-refractivity contribution in [3.05, 3.63) is 89.6 Å². The van der Waals surface area contributed by atoms with Gasteiger partial charge in [-0.3, -0.25) is 5.10 Å². The summed E-state index contributed by atoms with van der Waals surface area (Å²) in [5.74, 6) is -1.000. The first-order valence-corrected chi connectivity index (χ1v) is 13.7. The molecule has 0 aliphatic carbocycles.